The number of amides is 1. The molecule has 1 N–H and O–H groups in total. The number of rotatable bonds is 5. The number of sulfonamides is 1. The fourth-order valence-electron chi connectivity index (χ4n) is 3.18. The average Bonchev–Trinajstić information content (AvgIpc) is 3.16. The Morgan fingerprint density at radius 1 is 1.07 bits per heavy atom. The van der Waals surface area contributed by atoms with Gasteiger partial charge in [-0.15, -0.1) is 0 Å². The van der Waals surface area contributed by atoms with Crippen molar-refractivity contribution in [2.75, 3.05) is 6.54 Å². The minimum atomic E-state index is -3.75. The van der Waals surface area contributed by atoms with Gasteiger partial charge < -0.3 is 5.32 Å². The molecule has 0 saturated heterocycles. The van der Waals surface area contributed by atoms with E-state index < -0.39 is 15.8 Å². The second-order valence-corrected chi connectivity index (χ2v) is 8.64. The van der Waals surface area contributed by atoms with Crippen molar-refractivity contribution in [1.29, 1.82) is 0 Å². The maximum atomic E-state index is 13.1. The van der Waals surface area contributed by atoms with Crippen LogP contribution in [0.2, 0.25) is 0 Å². The van der Waals surface area contributed by atoms with Crippen molar-refractivity contribution >= 4 is 15.9 Å². The van der Waals surface area contributed by atoms with Crippen molar-refractivity contribution in [3.8, 4) is 0 Å². The third kappa shape index (κ3) is 4.06. The number of nitrogens with zero attached hydrogens (tertiary/aromatic N) is 3. The van der Waals surface area contributed by atoms with E-state index in [0.717, 1.165) is 17.7 Å². The summed E-state index contributed by atoms with van der Waals surface area (Å²) in [6.45, 7) is 1.03. The lowest BCUT2D eigenvalue weighted by molar-refractivity contribution is 0.0945. The number of carbonyl (C=O) groups is 1. The molecule has 0 saturated carbocycles. The normalized spacial score (nSPS) is 14.4. The molecule has 0 fully saturated rings. The molecule has 0 atom stereocenters. The highest BCUT2D eigenvalue weighted by Crippen LogP contribution is 2.22. The van der Waals surface area contributed by atoms with Crippen molar-refractivity contribution in [1.82, 2.24) is 19.4 Å². The number of nitrogens with one attached hydrogen (secondary N) is 1. The summed E-state index contributed by atoms with van der Waals surface area (Å²) in [5, 5.41) is 7.11. The lowest BCUT2D eigenvalue weighted by Crippen LogP contribution is -2.38. The Hall–Kier alpha value is -3.04. The number of hydrogen-bond donors (Lipinski definition) is 1. The maximum absolute atomic E-state index is 13.1. The molecule has 0 radical (unpaired) electrons. The number of benzene rings is 2. The molecular weight excluding hydrogens is 395 g/mol. The largest absolute Gasteiger partial charge is 0.347 e. The topological polar surface area (TPSA) is 84.3 Å². The zero-order valence-corrected chi connectivity index (χ0v) is 16.3. The van der Waals surface area contributed by atoms with Crippen LogP contribution in [0.4, 0.5) is 4.39 Å². The Morgan fingerprint density at radius 3 is 2.52 bits per heavy atom. The average molecular weight is 414 g/mol. The van der Waals surface area contributed by atoms with Gasteiger partial charge in [-0.25, -0.2) is 12.8 Å². The minimum absolute atomic E-state index is 0.0349. The van der Waals surface area contributed by atoms with Crippen molar-refractivity contribution in [3.05, 3.63) is 83.4 Å². The molecule has 0 aliphatic carbocycles. The van der Waals surface area contributed by atoms with E-state index >= 15 is 0 Å². The molecule has 2 heterocycles. The van der Waals surface area contributed by atoms with E-state index in [4.69, 9.17) is 0 Å². The molecule has 0 spiro atoms. The van der Waals surface area contributed by atoms with Gasteiger partial charge in [0.25, 0.3) is 5.91 Å². The monoisotopic (exact) mass is 414 g/mol. The smallest absolute Gasteiger partial charge is 0.272 e. The van der Waals surface area contributed by atoms with Gasteiger partial charge in [0.15, 0.2) is 5.69 Å². The number of aromatic nitrogens is 2. The molecule has 1 amide bonds. The molecule has 4 rings (SSSR count). The van der Waals surface area contributed by atoms with Crippen LogP contribution in [0.3, 0.4) is 0 Å². The first-order chi connectivity index (χ1) is 13.9. The number of carbonyl (C=O) groups excluding carboxylic acids is 1. The Labute approximate surface area is 167 Å². The molecule has 29 heavy (non-hydrogen) atoms. The third-order valence-corrected chi connectivity index (χ3v) is 6.60. The number of hydrogen-bond acceptors (Lipinski definition) is 4. The van der Waals surface area contributed by atoms with E-state index in [-0.39, 0.29) is 29.6 Å². The van der Waals surface area contributed by atoms with E-state index in [1.807, 2.05) is 30.3 Å². The van der Waals surface area contributed by atoms with Crippen LogP contribution in [0.1, 0.15) is 21.7 Å². The van der Waals surface area contributed by atoms with Gasteiger partial charge >= 0.3 is 0 Å². The predicted octanol–water partition coefficient (Wildman–Crippen LogP) is 2.16. The van der Waals surface area contributed by atoms with Gasteiger partial charge in [0.1, 0.15) is 5.82 Å². The van der Waals surface area contributed by atoms with E-state index in [2.05, 4.69) is 10.4 Å². The van der Waals surface area contributed by atoms with E-state index in [1.54, 1.807) is 10.7 Å². The Bertz CT molecular complexity index is 1130. The Kier molecular flexibility index (Phi) is 5.16. The van der Waals surface area contributed by atoms with Crippen LogP contribution in [-0.4, -0.2) is 35.0 Å². The first-order valence-corrected chi connectivity index (χ1v) is 10.5. The molecule has 0 bridgehead atoms. The zero-order chi connectivity index (χ0) is 20.4. The third-order valence-electron chi connectivity index (χ3n) is 4.74. The SMILES string of the molecule is O=C(NCc1ccccc1)c1cc2n(n1)CCN(S(=O)(=O)c1ccc(F)cc1)C2. The molecule has 150 valence electrons. The van der Waals surface area contributed by atoms with E-state index in [1.165, 1.54) is 16.4 Å². The molecule has 9 heteroatoms. The number of halogens is 1. The summed E-state index contributed by atoms with van der Waals surface area (Å²) in [6.07, 6.45) is 0. The lowest BCUT2D eigenvalue weighted by atomic mass is 10.2. The second-order valence-electron chi connectivity index (χ2n) is 6.70. The minimum Gasteiger partial charge on any atom is -0.347 e. The molecule has 7 nitrogen and oxygen atoms in total. The van der Waals surface area contributed by atoms with Gasteiger partial charge in [-0.3, -0.25) is 9.48 Å². The Balaban J connectivity index is 1.47. The highest BCUT2D eigenvalue weighted by atomic mass is 32.2. The fraction of sp³-hybridized carbons (Fsp3) is 0.200. The predicted molar refractivity (Wildman–Crippen MR) is 104 cm³/mol. The van der Waals surface area contributed by atoms with Crippen LogP contribution in [0, 0.1) is 5.82 Å². The molecule has 3 aromatic rings. The summed E-state index contributed by atoms with van der Waals surface area (Å²) in [7, 11) is -3.75. The second kappa shape index (κ2) is 7.76. The highest BCUT2D eigenvalue weighted by molar-refractivity contribution is 7.89. The van der Waals surface area contributed by atoms with Gasteiger partial charge in [0.2, 0.25) is 10.0 Å². The zero-order valence-electron chi connectivity index (χ0n) is 15.5. The van der Waals surface area contributed by atoms with E-state index in [0.29, 0.717) is 18.8 Å². The first-order valence-electron chi connectivity index (χ1n) is 9.08. The van der Waals surface area contributed by atoms with Crippen molar-refractivity contribution in [2.45, 2.75) is 24.5 Å². The quantitative estimate of drug-likeness (QED) is 0.693. The molecular formula is C20H19FN4O3S. The van der Waals surface area contributed by atoms with Crippen LogP contribution in [0.15, 0.2) is 65.6 Å². The van der Waals surface area contributed by atoms with Gasteiger partial charge in [0, 0.05) is 13.1 Å². The van der Waals surface area contributed by atoms with Crippen LogP contribution in [0.5, 0.6) is 0 Å². The van der Waals surface area contributed by atoms with Crippen LogP contribution in [0.25, 0.3) is 0 Å². The summed E-state index contributed by atoms with van der Waals surface area (Å²) >= 11 is 0. The van der Waals surface area contributed by atoms with Crippen LogP contribution < -0.4 is 5.32 Å². The summed E-state index contributed by atoms with van der Waals surface area (Å²) in [6, 6.07) is 15.9. The molecule has 1 aliphatic heterocycles. The van der Waals surface area contributed by atoms with Crippen molar-refractivity contribution < 1.29 is 17.6 Å². The molecule has 2 aromatic carbocycles. The lowest BCUT2D eigenvalue weighted by Gasteiger charge is -2.26. The summed E-state index contributed by atoms with van der Waals surface area (Å²) in [5.41, 5.74) is 1.85. The van der Waals surface area contributed by atoms with Gasteiger partial charge in [-0.1, -0.05) is 30.3 Å². The molecule has 1 aromatic heterocycles. The maximum Gasteiger partial charge on any atom is 0.272 e. The van der Waals surface area contributed by atoms with Gasteiger partial charge in [-0.05, 0) is 35.9 Å². The summed E-state index contributed by atoms with van der Waals surface area (Å²) < 4.78 is 41.7. The van der Waals surface area contributed by atoms with Crippen molar-refractivity contribution in [3.63, 3.8) is 0 Å². The summed E-state index contributed by atoms with van der Waals surface area (Å²) in [4.78, 5) is 12.4. The standard InChI is InChI=1S/C20H19FN4O3S/c21-16-6-8-18(9-7-16)29(27,28)24-10-11-25-17(14-24)12-19(23-25)20(26)22-13-15-4-2-1-3-5-15/h1-9,12H,10-11,13-14H2,(H,22,26). The molecule has 1 aliphatic rings. The van der Waals surface area contributed by atoms with Crippen molar-refractivity contribution in [2.24, 2.45) is 0 Å². The number of fused-ring (bicyclic) bond motifs is 1. The van der Waals surface area contributed by atoms with E-state index in [9.17, 15) is 17.6 Å². The fourth-order valence-corrected chi connectivity index (χ4v) is 4.59. The summed E-state index contributed by atoms with van der Waals surface area (Å²) in [5.74, 6) is -0.810. The molecule has 0 unspecified atom stereocenters. The first kappa shape index (κ1) is 19.3. The van der Waals surface area contributed by atoms with Gasteiger partial charge in [0.05, 0.1) is 23.7 Å². The Morgan fingerprint density at radius 2 is 1.79 bits per heavy atom. The van der Waals surface area contributed by atoms with Gasteiger partial charge in [-0.2, -0.15) is 9.40 Å². The van der Waals surface area contributed by atoms with Crippen LogP contribution in [-0.2, 0) is 29.7 Å². The highest BCUT2D eigenvalue weighted by Gasteiger charge is 2.30. The van der Waals surface area contributed by atoms with Crippen LogP contribution >= 0.6 is 0 Å².